The summed E-state index contributed by atoms with van der Waals surface area (Å²) in [5.74, 6) is 0. The van der Waals surface area contributed by atoms with Gasteiger partial charge in [-0.3, -0.25) is 0 Å². The Kier molecular flexibility index (Phi) is 0.965. The average molecular weight is 114 g/mol. The Balaban J connectivity index is 2.63. The van der Waals surface area contributed by atoms with Crippen molar-refractivity contribution in [3.8, 4) is 0 Å². The van der Waals surface area contributed by atoms with Gasteiger partial charge in [-0.2, -0.15) is 0 Å². The van der Waals surface area contributed by atoms with E-state index in [0.29, 0.717) is 5.41 Å². The van der Waals surface area contributed by atoms with Crippen molar-refractivity contribution >= 4 is 0 Å². The molecule has 0 aromatic heterocycles. The van der Waals surface area contributed by atoms with Crippen molar-refractivity contribution < 1.29 is 4.74 Å². The molecule has 1 heteroatoms. The highest BCUT2D eigenvalue weighted by atomic mass is 16.5. The maximum absolute atomic E-state index is 5.33. The van der Waals surface area contributed by atoms with Crippen LogP contribution >= 0.6 is 0 Å². The van der Waals surface area contributed by atoms with Crippen LogP contribution in [0.5, 0.6) is 0 Å². The molecule has 0 aliphatic carbocycles. The fourth-order valence-electron chi connectivity index (χ4n) is 0.650. The zero-order valence-corrected chi connectivity index (χ0v) is 6.12. The van der Waals surface area contributed by atoms with Crippen molar-refractivity contribution in [2.45, 2.75) is 33.3 Å². The van der Waals surface area contributed by atoms with Crippen LogP contribution in [0.3, 0.4) is 0 Å². The summed E-state index contributed by atoms with van der Waals surface area (Å²) < 4.78 is 5.33. The molecule has 0 aromatic carbocycles. The monoisotopic (exact) mass is 114 g/mol. The molecule has 0 bridgehead atoms. The maximum atomic E-state index is 5.33. The van der Waals surface area contributed by atoms with Crippen LogP contribution in [0, 0.1) is 5.41 Å². The molecule has 1 aliphatic rings. The van der Waals surface area contributed by atoms with E-state index in [1.165, 1.54) is 0 Å². The van der Waals surface area contributed by atoms with Crippen molar-refractivity contribution in [2.75, 3.05) is 6.61 Å². The van der Waals surface area contributed by atoms with Gasteiger partial charge in [0.05, 0.1) is 12.2 Å². The predicted octanol–water partition coefficient (Wildman–Crippen LogP) is 1.82. The van der Waals surface area contributed by atoms with Gasteiger partial charge < -0.3 is 4.74 Å². The fraction of sp³-hybridized carbons (Fsp3) is 1.00. The van der Waals surface area contributed by atoms with Crippen LogP contribution in [0.2, 0.25) is 0 Å². The smallest absolute Gasteiger partial charge is 0.0699 e. The number of hydrogen-bond acceptors (Lipinski definition) is 1. The Bertz CT molecular complexity index is 89.0. The van der Waals surface area contributed by atoms with Gasteiger partial charge in [-0.25, -0.2) is 0 Å². The average Bonchev–Trinajstić information content (AvgIpc) is 1.64. The summed E-state index contributed by atoms with van der Waals surface area (Å²) in [5.41, 5.74) is 0.514. The lowest BCUT2D eigenvalue weighted by atomic mass is 9.73. The SMILES string of the molecule is CC1(C)COC1(C)C. The van der Waals surface area contributed by atoms with Gasteiger partial charge in [0.25, 0.3) is 0 Å². The van der Waals surface area contributed by atoms with Crippen LogP contribution in [0.15, 0.2) is 0 Å². The second-order valence-electron chi connectivity index (χ2n) is 3.68. The van der Waals surface area contributed by atoms with E-state index in [9.17, 15) is 0 Å². The third kappa shape index (κ3) is 0.576. The van der Waals surface area contributed by atoms with Crippen molar-refractivity contribution in [1.29, 1.82) is 0 Å². The Labute approximate surface area is 51.0 Å². The van der Waals surface area contributed by atoms with Crippen molar-refractivity contribution in [3.05, 3.63) is 0 Å². The van der Waals surface area contributed by atoms with Gasteiger partial charge in [0, 0.05) is 5.41 Å². The second kappa shape index (κ2) is 1.27. The molecule has 0 spiro atoms. The third-order valence-corrected chi connectivity index (χ3v) is 2.42. The standard InChI is InChI=1S/C7H14O/c1-6(2)5-8-7(6,3)4/h5H2,1-4H3. The molecular formula is C7H14O. The minimum Gasteiger partial charge on any atom is -0.374 e. The van der Waals surface area contributed by atoms with Gasteiger partial charge in [-0.1, -0.05) is 13.8 Å². The first kappa shape index (κ1) is 6.09. The quantitative estimate of drug-likeness (QED) is 0.466. The van der Waals surface area contributed by atoms with E-state index in [2.05, 4.69) is 27.7 Å². The topological polar surface area (TPSA) is 9.23 Å². The molecule has 0 unspecified atom stereocenters. The van der Waals surface area contributed by atoms with Crippen LogP contribution in [-0.2, 0) is 4.74 Å². The van der Waals surface area contributed by atoms with E-state index in [1.807, 2.05) is 0 Å². The lowest BCUT2D eigenvalue weighted by Gasteiger charge is -2.51. The molecule has 48 valence electrons. The summed E-state index contributed by atoms with van der Waals surface area (Å²) in [4.78, 5) is 0. The first-order valence-corrected chi connectivity index (χ1v) is 3.10. The van der Waals surface area contributed by atoms with E-state index in [-0.39, 0.29) is 5.60 Å². The van der Waals surface area contributed by atoms with E-state index in [1.54, 1.807) is 0 Å². The van der Waals surface area contributed by atoms with Crippen LogP contribution in [-0.4, -0.2) is 12.2 Å². The molecule has 1 rings (SSSR count). The zero-order valence-electron chi connectivity index (χ0n) is 6.12. The molecule has 1 heterocycles. The molecule has 1 aliphatic heterocycles. The molecule has 1 fully saturated rings. The van der Waals surface area contributed by atoms with Gasteiger partial charge in [-0.15, -0.1) is 0 Å². The van der Waals surface area contributed by atoms with Gasteiger partial charge in [0.2, 0.25) is 0 Å². The number of ether oxygens (including phenoxy) is 1. The minimum absolute atomic E-state index is 0.118. The van der Waals surface area contributed by atoms with Crippen molar-refractivity contribution in [1.82, 2.24) is 0 Å². The maximum Gasteiger partial charge on any atom is 0.0699 e. The Morgan fingerprint density at radius 3 is 1.50 bits per heavy atom. The molecule has 0 N–H and O–H groups in total. The molecule has 1 nitrogen and oxygen atoms in total. The number of hydrogen-bond donors (Lipinski definition) is 0. The summed E-state index contributed by atoms with van der Waals surface area (Å²) in [6.45, 7) is 9.65. The molecule has 0 saturated carbocycles. The lowest BCUT2D eigenvalue weighted by Crippen LogP contribution is -2.55. The van der Waals surface area contributed by atoms with Crippen molar-refractivity contribution in [3.63, 3.8) is 0 Å². The Hall–Kier alpha value is -0.0400. The van der Waals surface area contributed by atoms with Gasteiger partial charge >= 0.3 is 0 Å². The van der Waals surface area contributed by atoms with Crippen LogP contribution in [0.25, 0.3) is 0 Å². The molecule has 0 amide bonds. The normalized spacial score (nSPS) is 31.5. The summed E-state index contributed by atoms with van der Waals surface area (Å²) in [6.07, 6.45) is 0. The van der Waals surface area contributed by atoms with Crippen molar-refractivity contribution in [2.24, 2.45) is 5.41 Å². The Morgan fingerprint density at radius 2 is 1.50 bits per heavy atom. The molecule has 0 radical (unpaired) electrons. The molecular weight excluding hydrogens is 100 g/mol. The van der Waals surface area contributed by atoms with E-state index >= 15 is 0 Å². The van der Waals surface area contributed by atoms with E-state index in [0.717, 1.165) is 6.61 Å². The first-order valence-electron chi connectivity index (χ1n) is 3.10. The van der Waals surface area contributed by atoms with Crippen LogP contribution in [0.1, 0.15) is 27.7 Å². The predicted molar refractivity (Wildman–Crippen MR) is 33.8 cm³/mol. The summed E-state index contributed by atoms with van der Waals surface area (Å²) in [7, 11) is 0. The molecule has 1 saturated heterocycles. The van der Waals surface area contributed by atoms with Gasteiger partial charge in [0.1, 0.15) is 0 Å². The van der Waals surface area contributed by atoms with E-state index in [4.69, 9.17) is 4.74 Å². The summed E-state index contributed by atoms with van der Waals surface area (Å²) in [6, 6.07) is 0. The van der Waals surface area contributed by atoms with E-state index < -0.39 is 0 Å². The zero-order chi connectivity index (χ0) is 6.41. The van der Waals surface area contributed by atoms with Gasteiger partial charge in [-0.05, 0) is 13.8 Å². The van der Waals surface area contributed by atoms with Crippen LogP contribution < -0.4 is 0 Å². The highest BCUT2D eigenvalue weighted by molar-refractivity contribution is 4.95. The highest BCUT2D eigenvalue weighted by Gasteiger charge is 2.47. The largest absolute Gasteiger partial charge is 0.374 e. The first-order chi connectivity index (χ1) is 3.46. The fourth-order valence-corrected chi connectivity index (χ4v) is 0.650. The summed E-state index contributed by atoms with van der Waals surface area (Å²) in [5, 5.41) is 0. The number of rotatable bonds is 0. The third-order valence-electron chi connectivity index (χ3n) is 2.42. The van der Waals surface area contributed by atoms with Crippen LogP contribution in [0.4, 0.5) is 0 Å². The molecule has 0 atom stereocenters. The van der Waals surface area contributed by atoms with Gasteiger partial charge in [0.15, 0.2) is 0 Å². The Morgan fingerprint density at radius 1 is 1.12 bits per heavy atom. The summed E-state index contributed by atoms with van der Waals surface area (Å²) >= 11 is 0. The molecule has 0 aromatic rings. The highest BCUT2D eigenvalue weighted by Crippen LogP contribution is 2.43. The molecule has 8 heavy (non-hydrogen) atoms. The minimum atomic E-state index is 0.118. The second-order valence-corrected chi connectivity index (χ2v) is 3.68. The lowest BCUT2D eigenvalue weighted by molar-refractivity contribution is -0.230.